The molecule has 0 aliphatic carbocycles. The van der Waals surface area contributed by atoms with Crippen LogP contribution >= 0.6 is 0 Å². The predicted molar refractivity (Wildman–Crippen MR) is 55.6 cm³/mol. The van der Waals surface area contributed by atoms with Crippen molar-refractivity contribution in [3.05, 3.63) is 35.5 Å². The van der Waals surface area contributed by atoms with Crippen LogP contribution in [-0.4, -0.2) is 11.5 Å². The van der Waals surface area contributed by atoms with Crippen molar-refractivity contribution in [2.75, 3.05) is 6.54 Å². The Morgan fingerprint density at radius 2 is 1.93 bits per heavy atom. The minimum absolute atomic E-state index is 0.238. The van der Waals surface area contributed by atoms with E-state index in [1.807, 2.05) is 0 Å². The van der Waals surface area contributed by atoms with Gasteiger partial charge >= 0.3 is 0 Å². The number of hydrogen-bond acceptors (Lipinski definition) is 1. The van der Waals surface area contributed by atoms with Crippen molar-refractivity contribution in [2.45, 2.75) is 12.8 Å². The van der Waals surface area contributed by atoms with Crippen LogP contribution in [0.1, 0.15) is 12.0 Å². The summed E-state index contributed by atoms with van der Waals surface area (Å²) in [6.07, 6.45) is 3.08. The summed E-state index contributed by atoms with van der Waals surface area (Å²) in [7, 11) is 0. The van der Waals surface area contributed by atoms with Crippen LogP contribution in [0.15, 0.2) is 18.3 Å². The zero-order valence-corrected chi connectivity index (χ0v) is 8.19. The SMILES string of the molecule is NCCCc1c[nH]c2c(F)ccc(F)c12. The molecule has 0 saturated carbocycles. The fraction of sp³-hybridized carbons (Fsp3) is 0.273. The second kappa shape index (κ2) is 3.98. The van der Waals surface area contributed by atoms with E-state index in [1.54, 1.807) is 6.20 Å². The Balaban J connectivity index is 2.53. The van der Waals surface area contributed by atoms with Gasteiger partial charge in [0.2, 0.25) is 0 Å². The Labute approximate surface area is 86.1 Å². The number of benzene rings is 1. The molecule has 0 unspecified atom stereocenters. The number of nitrogens with two attached hydrogens (primary N) is 1. The van der Waals surface area contributed by atoms with Crippen LogP contribution in [0.2, 0.25) is 0 Å². The van der Waals surface area contributed by atoms with E-state index >= 15 is 0 Å². The van der Waals surface area contributed by atoms with Crippen LogP contribution in [0.5, 0.6) is 0 Å². The van der Waals surface area contributed by atoms with Crippen molar-refractivity contribution in [1.29, 1.82) is 0 Å². The molecular formula is C11H12F2N2. The standard InChI is InChI=1S/C11H12F2N2/c12-8-3-4-9(13)11-10(8)7(6-15-11)2-1-5-14/h3-4,6,15H,1-2,5,14H2. The Hall–Kier alpha value is -1.42. The van der Waals surface area contributed by atoms with Crippen molar-refractivity contribution in [3.63, 3.8) is 0 Å². The van der Waals surface area contributed by atoms with Gasteiger partial charge in [-0.05, 0) is 37.1 Å². The van der Waals surface area contributed by atoms with Crippen molar-refractivity contribution in [1.82, 2.24) is 4.98 Å². The molecule has 2 nitrogen and oxygen atoms in total. The van der Waals surface area contributed by atoms with Gasteiger partial charge in [0.15, 0.2) is 0 Å². The van der Waals surface area contributed by atoms with E-state index in [4.69, 9.17) is 5.73 Å². The van der Waals surface area contributed by atoms with Gasteiger partial charge in [-0.3, -0.25) is 0 Å². The molecule has 2 rings (SSSR count). The van der Waals surface area contributed by atoms with Gasteiger partial charge in [0.25, 0.3) is 0 Å². The Morgan fingerprint density at radius 3 is 2.67 bits per heavy atom. The first kappa shape index (κ1) is 10.1. The summed E-state index contributed by atoms with van der Waals surface area (Å²) in [4.78, 5) is 2.75. The van der Waals surface area contributed by atoms with Crippen molar-refractivity contribution in [2.24, 2.45) is 5.73 Å². The second-order valence-electron chi connectivity index (χ2n) is 3.49. The summed E-state index contributed by atoms with van der Waals surface area (Å²) >= 11 is 0. The number of aromatic nitrogens is 1. The predicted octanol–water partition coefficient (Wildman–Crippen LogP) is 2.34. The average molecular weight is 210 g/mol. The van der Waals surface area contributed by atoms with Crippen LogP contribution in [0, 0.1) is 11.6 Å². The normalized spacial score (nSPS) is 11.1. The first-order chi connectivity index (χ1) is 7.24. The molecule has 0 amide bonds. The van der Waals surface area contributed by atoms with Gasteiger partial charge in [0.1, 0.15) is 11.6 Å². The maximum absolute atomic E-state index is 13.5. The van der Waals surface area contributed by atoms with Gasteiger partial charge in [-0.15, -0.1) is 0 Å². The fourth-order valence-corrected chi connectivity index (χ4v) is 1.73. The van der Waals surface area contributed by atoms with Crippen LogP contribution in [-0.2, 0) is 6.42 Å². The van der Waals surface area contributed by atoms with Crippen molar-refractivity contribution in [3.8, 4) is 0 Å². The molecule has 0 spiro atoms. The van der Waals surface area contributed by atoms with E-state index in [2.05, 4.69) is 4.98 Å². The molecule has 0 aliphatic heterocycles. The van der Waals surface area contributed by atoms with Gasteiger partial charge in [0.05, 0.1) is 5.52 Å². The molecule has 0 aliphatic rings. The number of H-pyrrole nitrogens is 1. The van der Waals surface area contributed by atoms with E-state index in [-0.39, 0.29) is 11.3 Å². The van der Waals surface area contributed by atoms with Crippen LogP contribution in [0.25, 0.3) is 10.9 Å². The highest BCUT2D eigenvalue weighted by Gasteiger charge is 2.11. The lowest BCUT2D eigenvalue weighted by atomic mass is 10.1. The molecule has 4 heteroatoms. The highest BCUT2D eigenvalue weighted by Crippen LogP contribution is 2.24. The van der Waals surface area contributed by atoms with Gasteiger partial charge in [0, 0.05) is 11.6 Å². The minimum Gasteiger partial charge on any atom is -0.358 e. The number of aromatic amines is 1. The average Bonchev–Trinajstić information content (AvgIpc) is 2.65. The van der Waals surface area contributed by atoms with Crippen LogP contribution in [0.4, 0.5) is 8.78 Å². The third-order valence-corrected chi connectivity index (χ3v) is 2.47. The number of hydrogen-bond donors (Lipinski definition) is 2. The fourth-order valence-electron chi connectivity index (χ4n) is 1.73. The second-order valence-corrected chi connectivity index (χ2v) is 3.49. The van der Waals surface area contributed by atoms with Crippen molar-refractivity contribution >= 4 is 10.9 Å². The van der Waals surface area contributed by atoms with E-state index < -0.39 is 5.82 Å². The molecular weight excluding hydrogens is 198 g/mol. The largest absolute Gasteiger partial charge is 0.358 e. The molecule has 0 radical (unpaired) electrons. The third kappa shape index (κ3) is 1.72. The quantitative estimate of drug-likeness (QED) is 0.802. The van der Waals surface area contributed by atoms with Gasteiger partial charge in [-0.1, -0.05) is 0 Å². The molecule has 3 N–H and O–H groups in total. The highest BCUT2D eigenvalue weighted by atomic mass is 19.1. The molecule has 1 aromatic heterocycles. The van der Waals surface area contributed by atoms with Gasteiger partial charge in [-0.2, -0.15) is 0 Å². The maximum Gasteiger partial charge on any atom is 0.147 e. The zero-order chi connectivity index (χ0) is 10.8. The molecule has 0 fully saturated rings. The van der Waals surface area contributed by atoms with Crippen LogP contribution < -0.4 is 5.73 Å². The molecule has 0 saturated heterocycles. The summed E-state index contributed by atoms with van der Waals surface area (Å²) in [6.45, 7) is 0.545. The summed E-state index contributed by atoms with van der Waals surface area (Å²) in [6, 6.07) is 2.28. The molecule has 1 heterocycles. The Kier molecular flexibility index (Phi) is 2.68. The maximum atomic E-state index is 13.5. The number of aryl methyl sites for hydroxylation is 1. The Morgan fingerprint density at radius 1 is 1.20 bits per heavy atom. The summed E-state index contributed by atoms with van der Waals surface area (Å²) < 4.78 is 26.7. The highest BCUT2D eigenvalue weighted by molar-refractivity contribution is 5.84. The minimum atomic E-state index is -0.426. The topological polar surface area (TPSA) is 41.8 Å². The lowest BCUT2D eigenvalue weighted by Crippen LogP contribution is -2.00. The van der Waals surface area contributed by atoms with E-state index in [0.29, 0.717) is 18.4 Å². The first-order valence-electron chi connectivity index (χ1n) is 4.88. The van der Waals surface area contributed by atoms with Gasteiger partial charge in [-0.25, -0.2) is 8.78 Å². The monoisotopic (exact) mass is 210 g/mol. The molecule has 0 bridgehead atoms. The molecule has 2 aromatic rings. The number of fused-ring (bicyclic) bond motifs is 1. The smallest absolute Gasteiger partial charge is 0.147 e. The summed E-state index contributed by atoms with van der Waals surface area (Å²) in [5.74, 6) is -0.815. The van der Waals surface area contributed by atoms with Crippen LogP contribution in [0.3, 0.4) is 0 Å². The molecule has 80 valence electrons. The van der Waals surface area contributed by atoms with Gasteiger partial charge < -0.3 is 10.7 Å². The molecule has 1 aromatic carbocycles. The number of halogens is 2. The third-order valence-electron chi connectivity index (χ3n) is 2.47. The number of nitrogens with one attached hydrogen (secondary N) is 1. The van der Waals surface area contributed by atoms with Crippen molar-refractivity contribution < 1.29 is 8.78 Å². The number of rotatable bonds is 3. The van der Waals surface area contributed by atoms with E-state index in [1.165, 1.54) is 0 Å². The lowest BCUT2D eigenvalue weighted by Gasteiger charge is -1.99. The molecule has 0 atom stereocenters. The summed E-state index contributed by atoms with van der Waals surface area (Å²) in [5.41, 5.74) is 6.40. The zero-order valence-electron chi connectivity index (χ0n) is 8.19. The first-order valence-corrected chi connectivity index (χ1v) is 4.88. The lowest BCUT2D eigenvalue weighted by molar-refractivity contribution is 0.616. The van der Waals surface area contributed by atoms with E-state index in [9.17, 15) is 8.78 Å². The summed E-state index contributed by atoms with van der Waals surface area (Å²) in [5, 5.41) is 0.350. The molecule has 15 heavy (non-hydrogen) atoms. The van der Waals surface area contributed by atoms with E-state index in [0.717, 1.165) is 24.1 Å². The Bertz CT molecular complexity index is 477.